The standard InChI is InChI=1S/C51H65NO18/c1-8-9-12-21-35(56)52-37(29-17-13-10-14-18-29)39(58)46(62)67-32-23-51(63)44(69-45(61)30-19-15-11-16-20-30)42-49(7,43(60)41(66-27(3)53)36(26(32)2)48(51,5)6)33(22-34-50(42,25-65-34)70-28(4)54)68-47-40(59)38(57)31(55)24-64-47/h10-11,13-20,31-34,37-42,44,47,55,57-59,63H,8-9,12,21-25H2,1-7H3,(H,52,56)/t31-,32-,33+,34+,37-,38+,39+,40-,41+,42-,44+,47+,49+,50-,51+/m0/s1. The van der Waals surface area contributed by atoms with E-state index in [0.717, 1.165) is 26.7 Å². The second-order valence-electron chi connectivity index (χ2n) is 19.9. The van der Waals surface area contributed by atoms with Gasteiger partial charge in [0.05, 0.1) is 42.3 Å². The predicted octanol–water partition coefficient (Wildman–Crippen LogP) is 2.47. The van der Waals surface area contributed by atoms with Gasteiger partial charge in [-0.05, 0) is 49.1 Å². The van der Waals surface area contributed by atoms with Crippen molar-refractivity contribution in [2.45, 2.75) is 165 Å². The average molecular weight is 980 g/mol. The number of hydrogen-bond donors (Lipinski definition) is 6. The first kappa shape index (κ1) is 52.7. The van der Waals surface area contributed by atoms with Gasteiger partial charge in [-0.3, -0.25) is 19.2 Å². The lowest BCUT2D eigenvalue weighted by molar-refractivity contribution is -0.366. The van der Waals surface area contributed by atoms with Crippen molar-refractivity contribution in [1.82, 2.24) is 5.32 Å². The maximum Gasteiger partial charge on any atom is 0.338 e. The lowest BCUT2D eigenvalue weighted by Gasteiger charge is -2.68. The number of esters is 4. The summed E-state index contributed by atoms with van der Waals surface area (Å²) in [7, 11) is 0. The van der Waals surface area contributed by atoms with Crippen molar-refractivity contribution in [3.8, 4) is 0 Å². The molecule has 0 spiro atoms. The molecule has 0 aromatic heterocycles. The number of carbonyl (C=O) groups excluding carboxylic acids is 6. The number of ketones is 1. The number of ether oxygens (including phenoxy) is 7. The minimum Gasteiger partial charge on any atom is -0.456 e. The molecule has 19 heteroatoms. The van der Waals surface area contributed by atoms with Gasteiger partial charge < -0.3 is 64.0 Å². The number of carbonyl (C=O) groups is 6. The molecule has 5 aliphatic rings. The molecule has 2 aromatic rings. The van der Waals surface area contributed by atoms with E-state index in [4.69, 9.17) is 33.2 Å². The van der Waals surface area contributed by atoms with Gasteiger partial charge in [0.15, 0.2) is 29.9 Å². The smallest absolute Gasteiger partial charge is 0.338 e. The van der Waals surface area contributed by atoms with Gasteiger partial charge in [-0.15, -0.1) is 0 Å². The van der Waals surface area contributed by atoms with E-state index in [-0.39, 0.29) is 29.6 Å². The molecule has 2 bridgehead atoms. The topological polar surface area (TPSA) is 280 Å². The number of nitrogens with one attached hydrogen (secondary N) is 1. The van der Waals surface area contributed by atoms with Crippen LogP contribution in [0, 0.1) is 16.7 Å². The van der Waals surface area contributed by atoms with E-state index in [1.165, 1.54) is 39.8 Å². The van der Waals surface area contributed by atoms with Crippen LogP contribution in [0.5, 0.6) is 0 Å². The monoisotopic (exact) mass is 979 g/mol. The molecule has 6 N–H and O–H groups in total. The maximum atomic E-state index is 16.2. The quantitative estimate of drug-likeness (QED) is 0.0647. The van der Waals surface area contributed by atoms with E-state index in [2.05, 4.69) is 5.32 Å². The minimum atomic E-state index is -2.49. The third-order valence-corrected chi connectivity index (χ3v) is 15.2. The van der Waals surface area contributed by atoms with Crippen LogP contribution in [-0.2, 0) is 57.1 Å². The van der Waals surface area contributed by atoms with Gasteiger partial charge in [0.1, 0.15) is 42.2 Å². The van der Waals surface area contributed by atoms with Crippen molar-refractivity contribution in [1.29, 1.82) is 0 Å². The molecule has 2 saturated heterocycles. The van der Waals surface area contributed by atoms with E-state index in [9.17, 15) is 49.5 Å². The van der Waals surface area contributed by atoms with Gasteiger partial charge in [0, 0.05) is 38.5 Å². The van der Waals surface area contributed by atoms with Gasteiger partial charge in [-0.25, -0.2) is 9.59 Å². The zero-order valence-corrected chi connectivity index (χ0v) is 40.4. The summed E-state index contributed by atoms with van der Waals surface area (Å²) in [6.45, 7) is 9.29. The van der Waals surface area contributed by atoms with E-state index in [1.54, 1.807) is 48.5 Å². The van der Waals surface area contributed by atoms with Crippen molar-refractivity contribution in [3.05, 3.63) is 82.9 Å². The summed E-state index contributed by atoms with van der Waals surface area (Å²) in [4.78, 5) is 85.1. The van der Waals surface area contributed by atoms with Crippen molar-refractivity contribution in [2.75, 3.05) is 13.2 Å². The van der Waals surface area contributed by atoms with Gasteiger partial charge in [-0.2, -0.15) is 0 Å². The molecule has 70 heavy (non-hydrogen) atoms. The third kappa shape index (κ3) is 9.42. The van der Waals surface area contributed by atoms with Crippen molar-refractivity contribution < 1.29 is 87.5 Å². The van der Waals surface area contributed by atoms with E-state index in [0.29, 0.717) is 12.0 Å². The Morgan fingerprint density at radius 3 is 2.13 bits per heavy atom. The lowest BCUT2D eigenvalue weighted by Crippen LogP contribution is -2.82. The Balaban J connectivity index is 1.42. The number of rotatable bonds is 15. The summed E-state index contributed by atoms with van der Waals surface area (Å²) in [6.07, 6.45) is -15.4. The molecule has 19 nitrogen and oxygen atoms in total. The molecule has 2 heterocycles. The van der Waals surface area contributed by atoms with Crippen LogP contribution < -0.4 is 5.32 Å². The zero-order chi connectivity index (χ0) is 51.1. The highest BCUT2D eigenvalue weighted by Crippen LogP contribution is 2.65. The Hall–Kier alpha value is -5.12. The Labute approximate surface area is 405 Å². The molecular formula is C51H65NO18. The molecule has 3 aliphatic carbocycles. The molecule has 4 fully saturated rings. The van der Waals surface area contributed by atoms with Crippen LogP contribution in [0.25, 0.3) is 0 Å². The normalized spacial score (nSPS) is 35.2. The number of hydrogen-bond acceptors (Lipinski definition) is 18. The van der Waals surface area contributed by atoms with Crippen LogP contribution in [0.4, 0.5) is 0 Å². The predicted molar refractivity (Wildman–Crippen MR) is 243 cm³/mol. The highest BCUT2D eigenvalue weighted by atomic mass is 16.7. The van der Waals surface area contributed by atoms with E-state index < -0.39 is 150 Å². The van der Waals surface area contributed by atoms with Gasteiger partial charge in [0.2, 0.25) is 5.91 Å². The number of unbranched alkanes of at least 4 members (excludes halogenated alkanes) is 2. The van der Waals surface area contributed by atoms with Crippen LogP contribution in [-0.4, -0.2) is 147 Å². The van der Waals surface area contributed by atoms with E-state index >= 15 is 4.79 Å². The molecule has 1 amide bonds. The first-order valence-electron chi connectivity index (χ1n) is 23.8. The Morgan fingerprint density at radius 1 is 0.871 bits per heavy atom. The highest BCUT2D eigenvalue weighted by molar-refractivity contribution is 5.95. The van der Waals surface area contributed by atoms with Crippen molar-refractivity contribution in [3.63, 3.8) is 0 Å². The molecule has 0 radical (unpaired) electrons. The fourth-order valence-electron chi connectivity index (χ4n) is 11.4. The first-order valence-corrected chi connectivity index (χ1v) is 23.8. The maximum absolute atomic E-state index is 16.2. The second kappa shape index (κ2) is 20.5. The van der Waals surface area contributed by atoms with Crippen LogP contribution in [0.1, 0.15) is 109 Å². The third-order valence-electron chi connectivity index (χ3n) is 15.2. The van der Waals surface area contributed by atoms with Crippen molar-refractivity contribution in [2.24, 2.45) is 16.7 Å². The summed E-state index contributed by atoms with van der Waals surface area (Å²) in [5, 5.41) is 60.7. The van der Waals surface area contributed by atoms with Crippen molar-refractivity contribution >= 4 is 35.6 Å². The zero-order valence-electron chi connectivity index (χ0n) is 40.4. The molecule has 7 rings (SSSR count). The van der Waals surface area contributed by atoms with Gasteiger partial charge in [0.25, 0.3) is 0 Å². The Bertz CT molecular complexity index is 2320. The number of aliphatic hydroxyl groups is 5. The lowest BCUT2D eigenvalue weighted by atomic mass is 9.44. The van der Waals surface area contributed by atoms with E-state index in [1.807, 2.05) is 6.92 Å². The van der Waals surface area contributed by atoms with Gasteiger partial charge >= 0.3 is 23.9 Å². The molecule has 15 atom stereocenters. The summed E-state index contributed by atoms with van der Waals surface area (Å²) >= 11 is 0. The molecular weight excluding hydrogens is 915 g/mol. The van der Waals surface area contributed by atoms with Crippen LogP contribution >= 0.6 is 0 Å². The largest absolute Gasteiger partial charge is 0.456 e. The highest BCUT2D eigenvalue weighted by Gasteiger charge is 2.79. The fraction of sp³-hybridized carbons (Fsp3) is 0.608. The number of amides is 1. The Morgan fingerprint density at radius 2 is 1.53 bits per heavy atom. The molecule has 0 unspecified atom stereocenters. The molecule has 2 aliphatic heterocycles. The summed E-state index contributed by atoms with van der Waals surface area (Å²) in [6, 6.07) is 14.7. The summed E-state index contributed by atoms with van der Waals surface area (Å²) < 4.78 is 43.1. The summed E-state index contributed by atoms with van der Waals surface area (Å²) in [5.74, 6) is -7.02. The fourth-order valence-corrected chi connectivity index (χ4v) is 11.4. The average Bonchev–Trinajstić information content (AvgIpc) is 3.31. The van der Waals surface area contributed by atoms with Crippen LogP contribution in [0.2, 0.25) is 0 Å². The SMILES string of the molecule is CCCCCC(=O)N[C@@H](c1ccccc1)[C@@H](O)C(=O)O[C@H]1C[C@@]2(O)[C@H](OC(=O)c3ccccc3)[C@@H]3[C@]4(OC(C)=O)CO[C@@H]4C[C@@H](O[C@H]4OC[C@H](O)[C@@H](O)[C@@H]4O)[C@@]3(C)C(=O)[C@H](OC(C)=O)C(=C1C)C2(C)C. The van der Waals surface area contributed by atoms with Crippen LogP contribution in [0.3, 0.4) is 0 Å². The number of benzene rings is 2. The number of Topliss-reactive ketones (excluding diaryl/α,β-unsaturated/α-hetero) is 1. The summed E-state index contributed by atoms with van der Waals surface area (Å²) in [5.41, 5.74) is -7.84. The minimum absolute atomic E-state index is 0.0205. The molecule has 2 aromatic carbocycles. The molecule has 382 valence electrons. The molecule has 2 saturated carbocycles. The Kier molecular flexibility index (Phi) is 15.5. The van der Waals surface area contributed by atoms with Gasteiger partial charge in [-0.1, -0.05) is 82.1 Å². The second-order valence-corrected chi connectivity index (χ2v) is 19.9. The number of fused-ring (bicyclic) bond motifs is 5. The first-order chi connectivity index (χ1) is 33.0. The van der Waals surface area contributed by atoms with Crippen LogP contribution in [0.15, 0.2) is 71.8 Å². The number of aliphatic hydroxyl groups excluding tert-OH is 4.